The fraction of sp³-hybridized carbons (Fsp3) is 0.622. The summed E-state index contributed by atoms with van der Waals surface area (Å²) in [6.07, 6.45) is 8.31. The van der Waals surface area contributed by atoms with Gasteiger partial charge in [-0.2, -0.15) is 0 Å². The molecule has 4 aliphatic rings. The van der Waals surface area contributed by atoms with Gasteiger partial charge in [-0.25, -0.2) is 0 Å². The molecule has 0 aromatic heterocycles. The van der Waals surface area contributed by atoms with Crippen molar-refractivity contribution in [3.8, 4) is 0 Å². The van der Waals surface area contributed by atoms with Crippen LogP contribution >= 0.6 is 15.9 Å². The van der Waals surface area contributed by atoms with Crippen molar-refractivity contribution in [1.29, 1.82) is 0 Å². The molecule has 2 bridgehead atoms. The van der Waals surface area contributed by atoms with Gasteiger partial charge in [0.1, 0.15) is 17.7 Å². The van der Waals surface area contributed by atoms with Crippen LogP contribution in [0.3, 0.4) is 0 Å². The van der Waals surface area contributed by atoms with Crippen molar-refractivity contribution < 1.29 is 33.8 Å². The molecule has 1 unspecified atom stereocenters. The Labute approximate surface area is 292 Å². The van der Waals surface area contributed by atoms with E-state index in [1.807, 2.05) is 42.2 Å². The number of fused-ring (bicyclic) bond motifs is 1. The van der Waals surface area contributed by atoms with Crippen LogP contribution in [0, 0.1) is 11.8 Å². The molecule has 1 saturated carbocycles. The summed E-state index contributed by atoms with van der Waals surface area (Å²) < 4.78 is 13.0. The number of esters is 1. The summed E-state index contributed by atoms with van der Waals surface area (Å²) in [5, 5.41) is 13.4. The van der Waals surface area contributed by atoms with Crippen LogP contribution in [-0.2, 0) is 28.7 Å². The second-order valence-electron chi connectivity index (χ2n) is 13.7. The van der Waals surface area contributed by atoms with E-state index in [1.165, 1.54) is 4.90 Å². The number of ether oxygens (including phenoxy) is 2. The van der Waals surface area contributed by atoms with Gasteiger partial charge in [0.25, 0.3) is 0 Å². The van der Waals surface area contributed by atoms with Gasteiger partial charge in [0, 0.05) is 23.8 Å². The molecule has 2 N–H and O–H groups in total. The molecule has 3 saturated heterocycles. The first-order valence-corrected chi connectivity index (χ1v) is 18.4. The van der Waals surface area contributed by atoms with Crippen LogP contribution in [0.2, 0.25) is 0 Å². The van der Waals surface area contributed by atoms with Crippen molar-refractivity contribution in [2.75, 3.05) is 13.2 Å². The van der Waals surface area contributed by atoms with Crippen LogP contribution in [0.25, 0.3) is 0 Å². The van der Waals surface area contributed by atoms with Crippen molar-refractivity contribution in [2.24, 2.45) is 11.8 Å². The Morgan fingerprint density at radius 3 is 2.52 bits per heavy atom. The first-order valence-electron chi connectivity index (χ1n) is 17.4. The van der Waals surface area contributed by atoms with Gasteiger partial charge in [0.05, 0.1) is 36.6 Å². The maximum atomic E-state index is 14.8. The van der Waals surface area contributed by atoms with E-state index >= 15 is 0 Å². The molecule has 1 aromatic carbocycles. The number of nitrogens with one attached hydrogen (secondary N) is 1. The normalized spacial score (nSPS) is 29.9. The molecule has 3 aliphatic heterocycles. The number of carbonyl (C=O) groups excluding carboxylic acids is 4. The molecule has 1 aromatic rings. The monoisotopic (exact) mass is 727 g/mol. The average molecular weight is 729 g/mol. The van der Waals surface area contributed by atoms with Crippen molar-refractivity contribution in [3.63, 3.8) is 0 Å². The van der Waals surface area contributed by atoms with Crippen molar-refractivity contribution in [2.45, 2.75) is 118 Å². The van der Waals surface area contributed by atoms with Gasteiger partial charge in [0.2, 0.25) is 17.7 Å². The maximum absolute atomic E-state index is 14.8. The molecule has 3 amide bonds. The molecule has 0 radical (unpaired) electrons. The first-order chi connectivity index (χ1) is 23.1. The third-order valence-corrected chi connectivity index (χ3v) is 11.6. The van der Waals surface area contributed by atoms with Crippen LogP contribution < -0.4 is 5.32 Å². The first kappa shape index (κ1) is 36.3. The van der Waals surface area contributed by atoms with E-state index in [4.69, 9.17) is 9.47 Å². The quantitative estimate of drug-likeness (QED) is 0.154. The number of benzene rings is 1. The zero-order valence-electron chi connectivity index (χ0n) is 28.1. The van der Waals surface area contributed by atoms with E-state index in [1.54, 1.807) is 19.1 Å². The summed E-state index contributed by atoms with van der Waals surface area (Å²) in [6.45, 7) is 11.3. The number of aliphatic hydroxyl groups is 1. The molecular formula is C37H50BrN3O7. The van der Waals surface area contributed by atoms with Crippen LogP contribution in [0.4, 0.5) is 0 Å². The third-order valence-electron chi connectivity index (χ3n) is 10.7. The standard InChI is InChI=1S/C37H50BrN3O7/c1-5-8-19-28(43)39-23(4)31(24-15-11-9-12-16-24)47-36(46)29-30-34(44)41(25(7-3)22-42)33(37(30)21-27(38)32(29)48-37)35(45)40(20-6-2)26-17-13-10-14-18-26/h5-6,9,11-12,15-16,23,25-27,29-33,42H,1-2,7-8,10,13-14,17-22H2,3-4H3,(H,39,43)/t23-,25-,27?,29+,30-,31-,32+,33+,37-/m0/s1. The van der Waals surface area contributed by atoms with Crippen LogP contribution in [0.5, 0.6) is 0 Å². The van der Waals surface area contributed by atoms with E-state index in [9.17, 15) is 24.3 Å². The average Bonchev–Trinajstić information content (AvgIpc) is 3.69. The molecule has 1 spiro atoms. The van der Waals surface area contributed by atoms with Crippen molar-refractivity contribution in [3.05, 3.63) is 61.2 Å². The Morgan fingerprint density at radius 1 is 1.19 bits per heavy atom. The second kappa shape index (κ2) is 15.7. The number of aliphatic hydroxyl groups excluding tert-OH is 1. The van der Waals surface area contributed by atoms with E-state index < -0.39 is 53.7 Å². The molecule has 262 valence electrons. The van der Waals surface area contributed by atoms with E-state index in [2.05, 4.69) is 34.4 Å². The number of allylic oxidation sites excluding steroid dienone is 1. The zero-order valence-corrected chi connectivity index (χ0v) is 29.7. The minimum absolute atomic E-state index is 0.0137. The Balaban J connectivity index is 1.50. The Kier molecular flexibility index (Phi) is 11.8. The van der Waals surface area contributed by atoms with Gasteiger partial charge in [-0.3, -0.25) is 19.2 Å². The lowest BCUT2D eigenvalue weighted by Gasteiger charge is -2.42. The van der Waals surface area contributed by atoms with E-state index in [0.29, 0.717) is 31.4 Å². The zero-order chi connectivity index (χ0) is 34.6. The van der Waals surface area contributed by atoms with Crippen LogP contribution in [0.15, 0.2) is 55.6 Å². The van der Waals surface area contributed by atoms with E-state index in [0.717, 1.165) is 32.1 Å². The molecule has 3 heterocycles. The Hall–Kier alpha value is -3.02. The highest BCUT2D eigenvalue weighted by Crippen LogP contribution is 2.61. The fourth-order valence-corrected chi connectivity index (χ4v) is 9.41. The minimum Gasteiger partial charge on any atom is -0.455 e. The number of hydrogen-bond acceptors (Lipinski definition) is 7. The number of hydrogen-bond donors (Lipinski definition) is 2. The van der Waals surface area contributed by atoms with Gasteiger partial charge >= 0.3 is 5.97 Å². The number of likely N-dealkylation sites (tertiary alicyclic amines) is 1. The predicted molar refractivity (Wildman–Crippen MR) is 185 cm³/mol. The summed E-state index contributed by atoms with van der Waals surface area (Å²) in [7, 11) is 0. The lowest BCUT2D eigenvalue weighted by Crippen LogP contribution is -2.60. The predicted octanol–water partition coefficient (Wildman–Crippen LogP) is 4.61. The highest BCUT2D eigenvalue weighted by atomic mass is 79.9. The lowest BCUT2D eigenvalue weighted by molar-refractivity contribution is -0.162. The third kappa shape index (κ3) is 6.74. The van der Waals surface area contributed by atoms with Gasteiger partial charge in [-0.05, 0) is 44.6 Å². The summed E-state index contributed by atoms with van der Waals surface area (Å²) in [5.41, 5.74) is -0.581. The SMILES string of the molecule is C=CCCC(=O)N[C@@H](C)[C@H](OC(=O)[C@H]1[C@@H]2O[C@@]3(CC2Br)[C@@H]1C(=O)N([C@@H](CC)CO)[C@@H]3C(=O)N(CC=C)C1CCCCC1)c1ccccc1. The molecule has 5 rings (SSSR count). The molecule has 1 aliphatic carbocycles. The Morgan fingerprint density at radius 2 is 1.90 bits per heavy atom. The molecule has 48 heavy (non-hydrogen) atoms. The molecular weight excluding hydrogens is 678 g/mol. The highest BCUT2D eigenvalue weighted by molar-refractivity contribution is 9.09. The number of amides is 3. The highest BCUT2D eigenvalue weighted by Gasteiger charge is 2.77. The number of carbonyl (C=O) groups is 4. The summed E-state index contributed by atoms with van der Waals surface area (Å²) in [6, 6.07) is 7.00. The largest absolute Gasteiger partial charge is 0.455 e. The maximum Gasteiger partial charge on any atom is 0.313 e. The minimum atomic E-state index is -1.28. The number of nitrogens with zero attached hydrogens (tertiary/aromatic N) is 2. The van der Waals surface area contributed by atoms with Crippen molar-refractivity contribution in [1.82, 2.24) is 15.1 Å². The Bertz CT molecular complexity index is 1350. The number of rotatable bonds is 15. The second-order valence-corrected chi connectivity index (χ2v) is 14.9. The van der Waals surface area contributed by atoms with Gasteiger partial charge in [0.15, 0.2) is 0 Å². The summed E-state index contributed by atoms with van der Waals surface area (Å²) >= 11 is 3.75. The van der Waals surface area contributed by atoms with Crippen LogP contribution in [-0.4, -0.2) is 92.4 Å². The van der Waals surface area contributed by atoms with Crippen molar-refractivity contribution >= 4 is 39.6 Å². The van der Waals surface area contributed by atoms with Gasteiger partial charge in [-0.1, -0.05) is 84.6 Å². The number of alkyl halides is 1. The summed E-state index contributed by atoms with van der Waals surface area (Å²) in [4.78, 5) is 59.5. The molecule has 10 nitrogen and oxygen atoms in total. The smallest absolute Gasteiger partial charge is 0.313 e. The van der Waals surface area contributed by atoms with Crippen LogP contribution in [0.1, 0.15) is 83.3 Å². The summed E-state index contributed by atoms with van der Waals surface area (Å²) in [5.74, 6) is -3.37. The molecule has 4 fully saturated rings. The van der Waals surface area contributed by atoms with Gasteiger partial charge in [-0.15, -0.1) is 13.2 Å². The lowest BCUT2D eigenvalue weighted by atomic mass is 9.70. The van der Waals surface area contributed by atoms with Gasteiger partial charge < -0.3 is 29.7 Å². The number of halogens is 1. The topological polar surface area (TPSA) is 125 Å². The van der Waals surface area contributed by atoms with E-state index in [-0.39, 0.29) is 41.6 Å². The molecule has 9 atom stereocenters. The molecule has 11 heteroatoms. The fourth-order valence-electron chi connectivity index (χ4n) is 8.47.